The quantitative estimate of drug-likeness (QED) is 0.563. The fourth-order valence-corrected chi connectivity index (χ4v) is 1.04. The van der Waals surface area contributed by atoms with E-state index < -0.39 is 5.97 Å². The van der Waals surface area contributed by atoms with E-state index in [2.05, 4.69) is 0 Å². The van der Waals surface area contributed by atoms with Gasteiger partial charge in [0.1, 0.15) is 12.4 Å². The molecule has 1 rings (SSSR count). The van der Waals surface area contributed by atoms with Gasteiger partial charge in [-0.05, 0) is 12.1 Å². The topological polar surface area (TPSA) is 55.8 Å². The van der Waals surface area contributed by atoms with E-state index in [4.69, 9.17) is 14.6 Å². The van der Waals surface area contributed by atoms with Gasteiger partial charge in [-0.3, -0.25) is 0 Å². The molecule has 0 aliphatic rings. The van der Waals surface area contributed by atoms with Crippen LogP contribution in [0, 0.1) is 0 Å². The van der Waals surface area contributed by atoms with Crippen molar-refractivity contribution in [1.82, 2.24) is 0 Å². The third kappa shape index (κ3) is 5.82. The third-order valence-corrected chi connectivity index (χ3v) is 1.71. The standard InChI is InChI=1S/C12H14O4/c13-12(14)7-4-8-15-9-10-16-11-5-2-1-3-6-11/h1-7H,8-10H2,(H,13,14)/b7-4+. The van der Waals surface area contributed by atoms with Crippen LogP contribution in [-0.4, -0.2) is 30.9 Å². The molecule has 1 N–H and O–H groups in total. The zero-order chi connectivity index (χ0) is 11.6. The molecule has 0 saturated heterocycles. The Bertz CT molecular complexity index is 332. The lowest BCUT2D eigenvalue weighted by Gasteiger charge is -2.05. The molecule has 0 spiro atoms. The van der Waals surface area contributed by atoms with Crippen LogP contribution in [0.25, 0.3) is 0 Å². The van der Waals surface area contributed by atoms with Gasteiger partial charge in [0.15, 0.2) is 0 Å². The van der Waals surface area contributed by atoms with Gasteiger partial charge in [-0.15, -0.1) is 0 Å². The molecule has 0 aromatic heterocycles. The van der Waals surface area contributed by atoms with E-state index in [0.717, 1.165) is 11.8 Å². The number of ether oxygens (including phenoxy) is 2. The van der Waals surface area contributed by atoms with Crippen LogP contribution in [0.2, 0.25) is 0 Å². The van der Waals surface area contributed by atoms with Crippen molar-refractivity contribution in [3.05, 3.63) is 42.5 Å². The summed E-state index contributed by atoms with van der Waals surface area (Å²) in [6, 6.07) is 9.44. The zero-order valence-electron chi connectivity index (χ0n) is 8.83. The van der Waals surface area contributed by atoms with Gasteiger partial charge in [0, 0.05) is 6.08 Å². The molecule has 4 nitrogen and oxygen atoms in total. The summed E-state index contributed by atoms with van der Waals surface area (Å²) >= 11 is 0. The first kappa shape index (κ1) is 12.3. The van der Waals surface area contributed by atoms with Gasteiger partial charge in [0.2, 0.25) is 0 Å². The molecule has 0 saturated carbocycles. The number of hydrogen-bond donors (Lipinski definition) is 1. The summed E-state index contributed by atoms with van der Waals surface area (Å²) in [6.07, 6.45) is 2.50. The minimum absolute atomic E-state index is 0.282. The predicted octanol–water partition coefficient (Wildman–Crippen LogP) is 1.72. The maximum atomic E-state index is 10.1. The van der Waals surface area contributed by atoms with Crippen LogP contribution in [0.5, 0.6) is 5.75 Å². The summed E-state index contributed by atoms with van der Waals surface area (Å²) in [6.45, 7) is 1.16. The van der Waals surface area contributed by atoms with Crippen molar-refractivity contribution in [2.24, 2.45) is 0 Å². The Morgan fingerprint density at radius 2 is 2.00 bits per heavy atom. The average molecular weight is 222 g/mol. The first-order valence-electron chi connectivity index (χ1n) is 4.94. The summed E-state index contributed by atoms with van der Waals surface area (Å²) in [5, 5.41) is 8.30. The van der Waals surface area contributed by atoms with E-state index in [0.29, 0.717) is 13.2 Å². The van der Waals surface area contributed by atoms with Crippen LogP contribution in [0.15, 0.2) is 42.5 Å². The average Bonchev–Trinajstić information content (AvgIpc) is 2.29. The van der Waals surface area contributed by atoms with E-state index in [1.54, 1.807) is 0 Å². The number of aliphatic carboxylic acids is 1. The second kappa shape index (κ2) is 7.48. The fourth-order valence-electron chi connectivity index (χ4n) is 1.04. The number of rotatable bonds is 7. The van der Waals surface area contributed by atoms with Gasteiger partial charge >= 0.3 is 5.97 Å². The minimum Gasteiger partial charge on any atom is -0.491 e. The first-order chi connectivity index (χ1) is 7.79. The van der Waals surface area contributed by atoms with Crippen LogP contribution in [0.4, 0.5) is 0 Å². The van der Waals surface area contributed by atoms with Crippen LogP contribution in [0.3, 0.4) is 0 Å². The van der Waals surface area contributed by atoms with Crippen molar-refractivity contribution in [1.29, 1.82) is 0 Å². The van der Waals surface area contributed by atoms with Gasteiger partial charge in [-0.1, -0.05) is 24.3 Å². The number of carboxylic acid groups (broad SMARTS) is 1. The summed E-state index contributed by atoms with van der Waals surface area (Å²) in [5.74, 6) is -0.170. The molecule has 1 aromatic carbocycles. The molecular weight excluding hydrogens is 208 g/mol. The van der Waals surface area contributed by atoms with Crippen LogP contribution in [-0.2, 0) is 9.53 Å². The first-order valence-corrected chi connectivity index (χ1v) is 4.94. The van der Waals surface area contributed by atoms with Crippen molar-refractivity contribution in [2.45, 2.75) is 0 Å². The molecule has 0 amide bonds. The van der Waals surface area contributed by atoms with Crippen LogP contribution in [0.1, 0.15) is 0 Å². The van der Waals surface area contributed by atoms with Crippen molar-refractivity contribution in [3.8, 4) is 5.75 Å². The van der Waals surface area contributed by atoms with Crippen molar-refractivity contribution in [2.75, 3.05) is 19.8 Å². The molecule has 4 heteroatoms. The van der Waals surface area contributed by atoms with E-state index in [1.165, 1.54) is 6.08 Å². The molecule has 0 aliphatic carbocycles. The number of para-hydroxylation sites is 1. The van der Waals surface area contributed by atoms with Gasteiger partial charge < -0.3 is 14.6 Å². The maximum absolute atomic E-state index is 10.1. The third-order valence-electron chi connectivity index (χ3n) is 1.71. The summed E-state index contributed by atoms with van der Waals surface area (Å²) in [4.78, 5) is 10.1. The van der Waals surface area contributed by atoms with Gasteiger partial charge in [0.25, 0.3) is 0 Å². The highest BCUT2D eigenvalue weighted by atomic mass is 16.5. The Hall–Kier alpha value is -1.81. The molecule has 0 bridgehead atoms. The lowest BCUT2D eigenvalue weighted by atomic mass is 10.3. The van der Waals surface area contributed by atoms with Crippen LogP contribution >= 0.6 is 0 Å². The second-order valence-electron chi connectivity index (χ2n) is 2.98. The molecule has 0 aliphatic heterocycles. The predicted molar refractivity (Wildman–Crippen MR) is 59.5 cm³/mol. The molecule has 1 aromatic rings. The van der Waals surface area contributed by atoms with Gasteiger partial charge in [-0.25, -0.2) is 4.79 Å². The maximum Gasteiger partial charge on any atom is 0.328 e. The highest BCUT2D eigenvalue weighted by Crippen LogP contribution is 2.07. The Labute approximate surface area is 94.1 Å². The molecule has 0 fully saturated rings. The lowest BCUT2D eigenvalue weighted by Crippen LogP contribution is -2.06. The molecule has 86 valence electrons. The highest BCUT2D eigenvalue weighted by molar-refractivity contribution is 5.79. The van der Waals surface area contributed by atoms with E-state index in [1.807, 2.05) is 30.3 Å². The normalized spacial score (nSPS) is 10.5. The number of benzene rings is 1. The van der Waals surface area contributed by atoms with Crippen LogP contribution < -0.4 is 4.74 Å². The van der Waals surface area contributed by atoms with E-state index >= 15 is 0 Å². The van der Waals surface area contributed by atoms with Crippen molar-refractivity contribution in [3.63, 3.8) is 0 Å². The number of hydrogen-bond acceptors (Lipinski definition) is 3. The van der Waals surface area contributed by atoms with Crippen molar-refractivity contribution >= 4 is 5.97 Å². The fraction of sp³-hybridized carbons (Fsp3) is 0.250. The monoisotopic (exact) mass is 222 g/mol. The molecule has 16 heavy (non-hydrogen) atoms. The zero-order valence-corrected chi connectivity index (χ0v) is 8.83. The summed E-state index contributed by atoms with van der Waals surface area (Å²) in [7, 11) is 0. The SMILES string of the molecule is O=C(O)/C=C/COCCOc1ccccc1. The molecule has 0 unspecified atom stereocenters. The molecule has 0 atom stereocenters. The molecular formula is C12H14O4. The molecule has 0 heterocycles. The smallest absolute Gasteiger partial charge is 0.328 e. The van der Waals surface area contributed by atoms with Crippen molar-refractivity contribution < 1.29 is 19.4 Å². The Balaban J connectivity index is 2.02. The summed E-state index contributed by atoms with van der Waals surface area (Å²) in [5.41, 5.74) is 0. The number of carbonyl (C=O) groups is 1. The lowest BCUT2D eigenvalue weighted by molar-refractivity contribution is -0.131. The van der Waals surface area contributed by atoms with Gasteiger partial charge in [-0.2, -0.15) is 0 Å². The Morgan fingerprint density at radius 3 is 2.69 bits per heavy atom. The Kier molecular flexibility index (Phi) is 5.73. The highest BCUT2D eigenvalue weighted by Gasteiger charge is 1.91. The molecule has 0 radical (unpaired) electrons. The Morgan fingerprint density at radius 1 is 1.25 bits per heavy atom. The minimum atomic E-state index is -0.968. The van der Waals surface area contributed by atoms with Gasteiger partial charge in [0.05, 0.1) is 13.2 Å². The summed E-state index contributed by atoms with van der Waals surface area (Å²) < 4.78 is 10.5. The van der Waals surface area contributed by atoms with E-state index in [-0.39, 0.29) is 6.61 Å². The van der Waals surface area contributed by atoms with E-state index in [9.17, 15) is 4.79 Å². The second-order valence-corrected chi connectivity index (χ2v) is 2.98. The number of carboxylic acids is 1. The largest absolute Gasteiger partial charge is 0.491 e.